The van der Waals surface area contributed by atoms with Crippen molar-refractivity contribution in [1.82, 2.24) is 10.2 Å². The van der Waals surface area contributed by atoms with E-state index in [1.54, 1.807) is 6.26 Å². The molecule has 1 aromatic heterocycles. The third-order valence-corrected chi connectivity index (χ3v) is 4.21. The normalized spacial score (nSPS) is 26.0. The van der Waals surface area contributed by atoms with Crippen LogP contribution in [0, 0.1) is 11.3 Å². The van der Waals surface area contributed by atoms with E-state index in [0.29, 0.717) is 23.4 Å². The van der Waals surface area contributed by atoms with Gasteiger partial charge in [-0.05, 0) is 23.5 Å². The fourth-order valence-electron chi connectivity index (χ4n) is 2.85. The molecular weight excluding hydrogens is 236 g/mol. The second kappa shape index (κ2) is 5.68. The predicted octanol–water partition coefficient (Wildman–Crippen LogP) is 3.12. The van der Waals surface area contributed by atoms with Crippen molar-refractivity contribution in [3.05, 3.63) is 24.2 Å². The zero-order valence-corrected chi connectivity index (χ0v) is 12.9. The van der Waals surface area contributed by atoms with Crippen LogP contribution in [0.5, 0.6) is 0 Å². The molecule has 3 nitrogen and oxygen atoms in total. The summed E-state index contributed by atoms with van der Waals surface area (Å²) >= 11 is 0. The van der Waals surface area contributed by atoms with Gasteiger partial charge in [0.2, 0.25) is 0 Å². The monoisotopic (exact) mass is 264 g/mol. The maximum absolute atomic E-state index is 5.52. The Balaban J connectivity index is 2.08. The van der Waals surface area contributed by atoms with Crippen LogP contribution in [-0.4, -0.2) is 30.1 Å². The van der Waals surface area contributed by atoms with Gasteiger partial charge in [0.25, 0.3) is 0 Å². The van der Waals surface area contributed by atoms with Gasteiger partial charge in [0.1, 0.15) is 5.76 Å². The Morgan fingerprint density at radius 2 is 2.16 bits per heavy atom. The largest absolute Gasteiger partial charge is 0.468 e. The molecule has 0 saturated carbocycles. The molecule has 108 valence electrons. The first kappa shape index (κ1) is 14.6. The molecule has 1 saturated heterocycles. The van der Waals surface area contributed by atoms with Crippen LogP contribution in [-0.2, 0) is 6.54 Å². The zero-order chi connectivity index (χ0) is 14.0. The smallest absolute Gasteiger partial charge is 0.117 e. The predicted molar refractivity (Wildman–Crippen MR) is 79.0 cm³/mol. The van der Waals surface area contributed by atoms with Crippen molar-refractivity contribution in [2.75, 3.05) is 13.1 Å². The van der Waals surface area contributed by atoms with Crippen molar-refractivity contribution >= 4 is 0 Å². The highest BCUT2D eigenvalue weighted by Crippen LogP contribution is 2.26. The van der Waals surface area contributed by atoms with Gasteiger partial charge in [0.15, 0.2) is 0 Å². The minimum Gasteiger partial charge on any atom is -0.468 e. The van der Waals surface area contributed by atoms with E-state index in [1.165, 1.54) is 0 Å². The molecule has 2 rings (SSSR count). The average Bonchev–Trinajstić information content (AvgIpc) is 2.80. The number of hydrogen-bond donors (Lipinski definition) is 1. The molecule has 0 spiro atoms. The van der Waals surface area contributed by atoms with E-state index < -0.39 is 0 Å². The highest BCUT2D eigenvalue weighted by molar-refractivity contribution is 5.01. The molecule has 0 bridgehead atoms. The van der Waals surface area contributed by atoms with Gasteiger partial charge in [0.05, 0.1) is 12.8 Å². The molecule has 0 aliphatic carbocycles. The second-order valence-corrected chi connectivity index (χ2v) is 7.15. The van der Waals surface area contributed by atoms with Gasteiger partial charge in [-0.3, -0.25) is 4.90 Å². The van der Waals surface area contributed by atoms with Crippen LogP contribution in [0.2, 0.25) is 0 Å². The highest BCUT2D eigenvalue weighted by Gasteiger charge is 2.35. The summed E-state index contributed by atoms with van der Waals surface area (Å²) in [6.45, 7) is 14.6. The van der Waals surface area contributed by atoms with Crippen molar-refractivity contribution in [3.8, 4) is 0 Å². The molecule has 19 heavy (non-hydrogen) atoms. The Morgan fingerprint density at radius 1 is 1.42 bits per heavy atom. The number of hydrogen-bond acceptors (Lipinski definition) is 3. The molecule has 1 aliphatic heterocycles. The second-order valence-electron chi connectivity index (χ2n) is 7.15. The Hall–Kier alpha value is -0.800. The fourth-order valence-corrected chi connectivity index (χ4v) is 2.85. The molecule has 1 aromatic rings. The van der Waals surface area contributed by atoms with Crippen LogP contribution < -0.4 is 5.32 Å². The van der Waals surface area contributed by atoms with Crippen molar-refractivity contribution in [2.24, 2.45) is 11.3 Å². The van der Waals surface area contributed by atoms with E-state index in [-0.39, 0.29) is 0 Å². The summed E-state index contributed by atoms with van der Waals surface area (Å²) < 4.78 is 5.52. The number of nitrogens with zero attached hydrogens (tertiary/aromatic N) is 1. The quantitative estimate of drug-likeness (QED) is 0.909. The fraction of sp³-hybridized carbons (Fsp3) is 0.750. The van der Waals surface area contributed by atoms with Gasteiger partial charge in [-0.25, -0.2) is 0 Å². The van der Waals surface area contributed by atoms with Gasteiger partial charge < -0.3 is 9.73 Å². The lowest BCUT2D eigenvalue weighted by molar-refractivity contribution is 0.0522. The molecule has 3 heteroatoms. The van der Waals surface area contributed by atoms with Crippen LogP contribution in [0.4, 0.5) is 0 Å². The number of rotatable bonds is 3. The van der Waals surface area contributed by atoms with Gasteiger partial charge >= 0.3 is 0 Å². The Bertz CT molecular complexity index is 378. The lowest BCUT2D eigenvalue weighted by Crippen LogP contribution is -2.61. The maximum atomic E-state index is 5.52. The topological polar surface area (TPSA) is 28.4 Å². The molecule has 1 aliphatic rings. The summed E-state index contributed by atoms with van der Waals surface area (Å²) in [6, 6.07) is 5.18. The van der Waals surface area contributed by atoms with E-state index in [4.69, 9.17) is 4.42 Å². The summed E-state index contributed by atoms with van der Waals surface area (Å²) in [5.74, 6) is 1.73. The zero-order valence-electron chi connectivity index (χ0n) is 12.9. The summed E-state index contributed by atoms with van der Waals surface area (Å²) in [4.78, 5) is 2.58. The van der Waals surface area contributed by atoms with E-state index >= 15 is 0 Å². The van der Waals surface area contributed by atoms with Gasteiger partial charge in [-0.2, -0.15) is 0 Å². The maximum Gasteiger partial charge on any atom is 0.117 e. The molecular formula is C16H28N2O. The molecule has 2 atom stereocenters. The molecule has 2 unspecified atom stereocenters. The number of piperazine rings is 1. The molecule has 0 amide bonds. The SMILES string of the molecule is CC(C)C1CNC(C(C)(C)C)CN1Cc1ccco1. The minimum atomic E-state index is 0.295. The Labute approximate surface area is 117 Å². The third-order valence-electron chi connectivity index (χ3n) is 4.21. The lowest BCUT2D eigenvalue weighted by Gasteiger charge is -2.46. The van der Waals surface area contributed by atoms with Gasteiger partial charge in [-0.1, -0.05) is 34.6 Å². The average molecular weight is 264 g/mol. The standard InChI is InChI=1S/C16H28N2O/c1-12(2)14-9-17-15(16(3,4)5)11-18(14)10-13-7-6-8-19-13/h6-8,12,14-15,17H,9-11H2,1-5H3. The molecule has 0 radical (unpaired) electrons. The Kier molecular flexibility index (Phi) is 4.36. The number of nitrogens with one attached hydrogen (secondary N) is 1. The first-order valence-electron chi connectivity index (χ1n) is 7.37. The molecule has 0 aromatic carbocycles. The summed E-state index contributed by atoms with van der Waals surface area (Å²) in [5, 5.41) is 3.73. The summed E-state index contributed by atoms with van der Waals surface area (Å²) in [6.07, 6.45) is 1.77. The van der Waals surface area contributed by atoms with E-state index in [0.717, 1.165) is 25.4 Å². The van der Waals surface area contributed by atoms with Crippen LogP contribution in [0.25, 0.3) is 0 Å². The molecule has 2 heterocycles. The lowest BCUT2D eigenvalue weighted by atomic mass is 9.83. The van der Waals surface area contributed by atoms with Crippen molar-refractivity contribution < 1.29 is 4.42 Å². The van der Waals surface area contributed by atoms with Gasteiger partial charge in [-0.15, -0.1) is 0 Å². The molecule has 1 fully saturated rings. The third kappa shape index (κ3) is 3.61. The van der Waals surface area contributed by atoms with Crippen LogP contribution >= 0.6 is 0 Å². The van der Waals surface area contributed by atoms with Crippen molar-refractivity contribution in [2.45, 2.75) is 53.2 Å². The number of furan rings is 1. The minimum absolute atomic E-state index is 0.295. The van der Waals surface area contributed by atoms with Crippen LogP contribution in [0.1, 0.15) is 40.4 Å². The van der Waals surface area contributed by atoms with E-state index in [9.17, 15) is 0 Å². The van der Waals surface area contributed by atoms with E-state index in [2.05, 4.69) is 50.9 Å². The van der Waals surface area contributed by atoms with Crippen molar-refractivity contribution in [3.63, 3.8) is 0 Å². The first-order valence-corrected chi connectivity index (χ1v) is 7.37. The molecule has 1 N–H and O–H groups in total. The first-order chi connectivity index (χ1) is 8.88. The summed E-state index contributed by atoms with van der Waals surface area (Å²) in [7, 11) is 0. The van der Waals surface area contributed by atoms with Gasteiger partial charge in [0, 0.05) is 25.2 Å². The van der Waals surface area contributed by atoms with Crippen molar-refractivity contribution in [1.29, 1.82) is 0 Å². The van der Waals surface area contributed by atoms with E-state index in [1.807, 2.05) is 6.07 Å². The highest BCUT2D eigenvalue weighted by atomic mass is 16.3. The van der Waals surface area contributed by atoms with Crippen LogP contribution in [0.3, 0.4) is 0 Å². The van der Waals surface area contributed by atoms with Crippen LogP contribution in [0.15, 0.2) is 22.8 Å². The summed E-state index contributed by atoms with van der Waals surface area (Å²) in [5.41, 5.74) is 0.295. The Morgan fingerprint density at radius 3 is 2.68 bits per heavy atom.